The standard InChI is InChI=1S/C19H31N3O2/c1-14-11-16(24-15(14)2)12-22-13-18(19-17(22)5-4-10-23-19)21-8-6-20(3)7-9-21/h11,17-19H,4-10,12-13H2,1-3H3/t17-,18-,19+/m1/s1. The first kappa shape index (κ1) is 16.6. The van der Waals surface area contributed by atoms with Crippen molar-refractivity contribution in [1.29, 1.82) is 0 Å². The van der Waals surface area contributed by atoms with Gasteiger partial charge in [0.2, 0.25) is 0 Å². The number of aryl methyl sites for hydroxylation is 2. The normalized spacial score (nSPS) is 33.0. The van der Waals surface area contributed by atoms with E-state index < -0.39 is 0 Å². The van der Waals surface area contributed by atoms with E-state index in [-0.39, 0.29) is 0 Å². The molecule has 0 aliphatic carbocycles. The number of ether oxygens (including phenoxy) is 1. The molecule has 4 heterocycles. The van der Waals surface area contributed by atoms with Crippen LogP contribution in [0, 0.1) is 13.8 Å². The third kappa shape index (κ3) is 3.15. The summed E-state index contributed by atoms with van der Waals surface area (Å²) in [4.78, 5) is 7.71. The number of likely N-dealkylation sites (tertiary alicyclic amines) is 1. The Hall–Kier alpha value is -0.880. The summed E-state index contributed by atoms with van der Waals surface area (Å²) >= 11 is 0. The van der Waals surface area contributed by atoms with Crippen LogP contribution in [-0.2, 0) is 11.3 Å². The van der Waals surface area contributed by atoms with E-state index in [4.69, 9.17) is 9.15 Å². The summed E-state index contributed by atoms with van der Waals surface area (Å²) in [7, 11) is 2.22. The van der Waals surface area contributed by atoms with Crippen LogP contribution in [0.15, 0.2) is 10.5 Å². The highest BCUT2D eigenvalue weighted by Gasteiger charge is 2.46. The van der Waals surface area contributed by atoms with Gasteiger partial charge in [0.05, 0.1) is 18.7 Å². The lowest BCUT2D eigenvalue weighted by Crippen LogP contribution is -2.54. The Morgan fingerprint density at radius 1 is 1.12 bits per heavy atom. The zero-order chi connectivity index (χ0) is 16.7. The van der Waals surface area contributed by atoms with Gasteiger partial charge in [-0.2, -0.15) is 0 Å². The first-order valence-corrected chi connectivity index (χ1v) is 9.46. The van der Waals surface area contributed by atoms with Gasteiger partial charge in [0.15, 0.2) is 0 Å². The zero-order valence-electron chi connectivity index (χ0n) is 15.3. The summed E-state index contributed by atoms with van der Waals surface area (Å²) < 4.78 is 12.2. The molecule has 0 aromatic carbocycles. The SMILES string of the molecule is Cc1cc(CN2C[C@@H](N3CCN(C)CC3)[C@H]3OCCC[C@H]32)oc1C. The quantitative estimate of drug-likeness (QED) is 0.843. The van der Waals surface area contributed by atoms with Crippen molar-refractivity contribution in [2.24, 2.45) is 0 Å². The molecule has 0 bridgehead atoms. The number of hydrogen-bond acceptors (Lipinski definition) is 5. The van der Waals surface area contributed by atoms with Crippen LogP contribution in [-0.4, -0.2) is 79.3 Å². The molecule has 0 N–H and O–H groups in total. The van der Waals surface area contributed by atoms with Crippen molar-refractivity contribution in [1.82, 2.24) is 14.7 Å². The molecule has 0 amide bonds. The van der Waals surface area contributed by atoms with Gasteiger partial charge in [-0.25, -0.2) is 0 Å². The number of fused-ring (bicyclic) bond motifs is 1. The Kier molecular flexibility index (Phi) is 4.69. The molecule has 24 heavy (non-hydrogen) atoms. The van der Waals surface area contributed by atoms with Crippen LogP contribution in [0.1, 0.15) is 29.9 Å². The van der Waals surface area contributed by atoms with Gasteiger partial charge in [-0.05, 0) is 45.4 Å². The Morgan fingerprint density at radius 2 is 1.92 bits per heavy atom. The van der Waals surface area contributed by atoms with E-state index in [2.05, 4.69) is 41.7 Å². The Morgan fingerprint density at radius 3 is 2.62 bits per heavy atom. The van der Waals surface area contributed by atoms with Crippen molar-refractivity contribution in [2.75, 3.05) is 46.4 Å². The molecule has 5 nitrogen and oxygen atoms in total. The van der Waals surface area contributed by atoms with Crippen LogP contribution < -0.4 is 0 Å². The second-order valence-corrected chi connectivity index (χ2v) is 7.83. The third-order valence-corrected chi connectivity index (χ3v) is 6.19. The predicted octanol–water partition coefficient (Wildman–Crippen LogP) is 1.88. The van der Waals surface area contributed by atoms with Crippen molar-refractivity contribution >= 4 is 0 Å². The van der Waals surface area contributed by atoms with Gasteiger partial charge in [-0.15, -0.1) is 0 Å². The number of hydrogen-bond donors (Lipinski definition) is 0. The molecule has 3 atom stereocenters. The molecule has 4 rings (SSSR count). The van der Waals surface area contributed by atoms with E-state index in [0.717, 1.165) is 31.2 Å². The molecule has 3 fully saturated rings. The molecule has 1 aromatic rings. The smallest absolute Gasteiger partial charge is 0.118 e. The minimum atomic E-state index is 0.374. The maximum atomic E-state index is 6.26. The van der Waals surface area contributed by atoms with Crippen LogP contribution in [0.25, 0.3) is 0 Å². The monoisotopic (exact) mass is 333 g/mol. The van der Waals surface area contributed by atoms with Gasteiger partial charge in [0, 0.05) is 45.4 Å². The van der Waals surface area contributed by atoms with E-state index in [1.54, 1.807) is 0 Å². The summed E-state index contributed by atoms with van der Waals surface area (Å²) in [5.41, 5.74) is 1.26. The summed E-state index contributed by atoms with van der Waals surface area (Å²) in [6.45, 7) is 11.8. The highest BCUT2D eigenvalue weighted by molar-refractivity contribution is 5.19. The van der Waals surface area contributed by atoms with Gasteiger partial charge in [0.1, 0.15) is 11.5 Å². The van der Waals surface area contributed by atoms with Crippen molar-refractivity contribution < 1.29 is 9.15 Å². The molecule has 5 heteroatoms. The minimum absolute atomic E-state index is 0.374. The molecule has 0 saturated carbocycles. The number of nitrogens with zero attached hydrogens (tertiary/aromatic N) is 3. The van der Waals surface area contributed by atoms with Crippen LogP contribution in [0.5, 0.6) is 0 Å². The van der Waals surface area contributed by atoms with E-state index in [1.807, 2.05) is 0 Å². The lowest BCUT2D eigenvalue weighted by Gasteiger charge is -2.39. The van der Waals surface area contributed by atoms with Gasteiger partial charge >= 0.3 is 0 Å². The first-order chi connectivity index (χ1) is 11.6. The van der Waals surface area contributed by atoms with Crippen molar-refractivity contribution in [2.45, 2.75) is 51.4 Å². The second kappa shape index (κ2) is 6.79. The van der Waals surface area contributed by atoms with Crippen LogP contribution in [0.3, 0.4) is 0 Å². The molecule has 1 aromatic heterocycles. The van der Waals surface area contributed by atoms with E-state index in [1.165, 1.54) is 44.6 Å². The average Bonchev–Trinajstić information content (AvgIpc) is 3.09. The molecular formula is C19H31N3O2. The summed E-state index contributed by atoms with van der Waals surface area (Å²) in [5, 5.41) is 0. The molecule has 134 valence electrons. The molecule has 3 saturated heterocycles. The number of furan rings is 1. The average molecular weight is 333 g/mol. The Labute approximate surface area is 145 Å². The summed E-state index contributed by atoms with van der Waals surface area (Å²) in [5.74, 6) is 2.16. The van der Waals surface area contributed by atoms with Gasteiger partial charge < -0.3 is 14.1 Å². The van der Waals surface area contributed by atoms with Gasteiger partial charge in [0.25, 0.3) is 0 Å². The van der Waals surface area contributed by atoms with Crippen LogP contribution in [0.2, 0.25) is 0 Å². The van der Waals surface area contributed by atoms with Crippen molar-refractivity contribution in [3.05, 3.63) is 23.2 Å². The largest absolute Gasteiger partial charge is 0.465 e. The molecule has 0 spiro atoms. The maximum Gasteiger partial charge on any atom is 0.118 e. The van der Waals surface area contributed by atoms with Gasteiger partial charge in [-0.1, -0.05) is 0 Å². The highest BCUT2D eigenvalue weighted by Crippen LogP contribution is 2.33. The fraction of sp³-hybridized carbons (Fsp3) is 0.789. The number of likely N-dealkylation sites (N-methyl/N-ethyl adjacent to an activating group) is 1. The zero-order valence-corrected chi connectivity index (χ0v) is 15.3. The molecule has 0 unspecified atom stereocenters. The predicted molar refractivity (Wildman–Crippen MR) is 94.2 cm³/mol. The second-order valence-electron chi connectivity index (χ2n) is 7.83. The third-order valence-electron chi connectivity index (χ3n) is 6.19. The van der Waals surface area contributed by atoms with Crippen LogP contribution in [0.4, 0.5) is 0 Å². The van der Waals surface area contributed by atoms with Gasteiger partial charge in [-0.3, -0.25) is 9.80 Å². The molecule has 3 aliphatic heterocycles. The maximum absolute atomic E-state index is 6.26. The van der Waals surface area contributed by atoms with Crippen molar-refractivity contribution in [3.8, 4) is 0 Å². The van der Waals surface area contributed by atoms with Crippen LogP contribution >= 0.6 is 0 Å². The van der Waals surface area contributed by atoms with E-state index in [9.17, 15) is 0 Å². The fourth-order valence-electron chi connectivity index (χ4n) is 4.61. The molecular weight excluding hydrogens is 302 g/mol. The molecule has 0 radical (unpaired) electrons. The highest BCUT2D eigenvalue weighted by atomic mass is 16.5. The Bertz CT molecular complexity index is 545. The number of piperazine rings is 1. The summed E-state index contributed by atoms with van der Waals surface area (Å²) in [6, 6.07) is 3.30. The lowest BCUT2D eigenvalue weighted by atomic mass is 9.99. The Balaban J connectivity index is 1.48. The lowest BCUT2D eigenvalue weighted by molar-refractivity contribution is -0.0469. The van der Waals surface area contributed by atoms with E-state index >= 15 is 0 Å². The minimum Gasteiger partial charge on any atom is -0.465 e. The fourth-order valence-corrected chi connectivity index (χ4v) is 4.61. The topological polar surface area (TPSA) is 32.1 Å². The summed E-state index contributed by atoms with van der Waals surface area (Å²) in [6.07, 6.45) is 2.82. The van der Waals surface area contributed by atoms with E-state index in [0.29, 0.717) is 18.2 Å². The first-order valence-electron chi connectivity index (χ1n) is 9.46. The number of rotatable bonds is 3. The molecule has 3 aliphatic rings. The van der Waals surface area contributed by atoms with Crippen molar-refractivity contribution in [3.63, 3.8) is 0 Å².